The van der Waals surface area contributed by atoms with Crippen molar-refractivity contribution in [2.24, 2.45) is 0 Å². The molecule has 0 aliphatic rings. The van der Waals surface area contributed by atoms with Crippen LogP contribution in [0.3, 0.4) is 0 Å². The highest BCUT2D eigenvalue weighted by Crippen LogP contribution is 2.11. The van der Waals surface area contributed by atoms with Crippen LogP contribution in [0.1, 0.15) is 6.42 Å². The molecule has 0 aromatic carbocycles. The van der Waals surface area contributed by atoms with Crippen LogP contribution in [0.5, 0.6) is 0 Å². The lowest BCUT2D eigenvalue weighted by molar-refractivity contribution is 0.401. The highest BCUT2D eigenvalue weighted by atomic mass is 15.4. The molecule has 2 rings (SSSR count). The lowest BCUT2D eigenvalue weighted by Gasteiger charge is -2.19. The van der Waals surface area contributed by atoms with Gasteiger partial charge >= 0.3 is 0 Å². The van der Waals surface area contributed by atoms with Gasteiger partial charge in [-0.3, -0.25) is 0 Å². The number of nitrogens with zero attached hydrogens (tertiary/aromatic N) is 7. The predicted molar refractivity (Wildman–Crippen MR) is 82.9 cm³/mol. The third kappa shape index (κ3) is 4.12. The zero-order chi connectivity index (χ0) is 15.2. The van der Waals surface area contributed by atoms with Crippen molar-refractivity contribution in [3.8, 4) is 5.95 Å². The van der Waals surface area contributed by atoms with E-state index in [4.69, 9.17) is 0 Å². The Morgan fingerprint density at radius 3 is 2.57 bits per heavy atom. The lowest BCUT2D eigenvalue weighted by Crippen LogP contribution is -2.26. The smallest absolute Gasteiger partial charge is 0.257 e. The molecular formula is C13H22N8. The van der Waals surface area contributed by atoms with Crippen LogP contribution in [-0.2, 0) is 0 Å². The number of rotatable bonds is 7. The van der Waals surface area contributed by atoms with Gasteiger partial charge in [0.2, 0.25) is 11.9 Å². The van der Waals surface area contributed by atoms with Gasteiger partial charge in [-0.15, -0.1) is 0 Å². The van der Waals surface area contributed by atoms with Crippen LogP contribution in [0.2, 0.25) is 0 Å². The Labute approximate surface area is 124 Å². The van der Waals surface area contributed by atoms with Gasteiger partial charge < -0.3 is 15.1 Å². The number of nitrogens with one attached hydrogen (secondary N) is 1. The number of aromatic nitrogens is 5. The van der Waals surface area contributed by atoms with E-state index in [9.17, 15) is 0 Å². The molecule has 0 unspecified atom stereocenters. The summed E-state index contributed by atoms with van der Waals surface area (Å²) < 4.78 is 1.62. The summed E-state index contributed by atoms with van der Waals surface area (Å²) in [6, 6.07) is 1.84. The van der Waals surface area contributed by atoms with Crippen LogP contribution < -0.4 is 10.2 Å². The maximum atomic E-state index is 4.47. The van der Waals surface area contributed by atoms with Gasteiger partial charge in [-0.1, -0.05) is 0 Å². The van der Waals surface area contributed by atoms with Crippen LogP contribution in [0, 0.1) is 0 Å². The summed E-state index contributed by atoms with van der Waals surface area (Å²) in [5, 5.41) is 7.12. The molecule has 1 N–H and O–H groups in total. The highest BCUT2D eigenvalue weighted by Gasteiger charge is 2.11. The molecule has 2 heterocycles. The standard InChI is InChI=1S/C13H22N8/c1-14-11-16-12(20(4)9-6-8-19(2)3)18-13(17-11)21-10-5-7-15-21/h5,7,10H,6,8-9H2,1-4H3,(H,14,16,17,18). The number of hydrogen-bond acceptors (Lipinski definition) is 7. The minimum Gasteiger partial charge on any atom is -0.357 e. The molecule has 0 fully saturated rings. The molecular weight excluding hydrogens is 268 g/mol. The molecule has 114 valence electrons. The van der Waals surface area contributed by atoms with E-state index in [1.807, 2.05) is 24.2 Å². The maximum absolute atomic E-state index is 4.47. The van der Waals surface area contributed by atoms with E-state index in [1.54, 1.807) is 17.9 Å². The zero-order valence-electron chi connectivity index (χ0n) is 13.0. The third-order valence-electron chi connectivity index (χ3n) is 2.98. The quantitative estimate of drug-likeness (QED) is 0.795. The van der Waals surface area contributed by atoms with Crippen molar-refractivity contribution in [2.75, 3.05) is 51.5 Å². The molecule has 0 spiro atoms. The fourth-order valence-electron chi connectivity index (χ4n) is 1.85. The van der Waals surface area contributed by atoms with Crippen molar-refractivity contribution in [1.82, 2.24) is 29.6 Å². The second kappa shape index (κ2) is 6.98. The lowest BCUT2D eigenvalue weighted by atomic mass is 10.4. The van der Waals surface area contributed by atoms with Crippen LogP contribution in [0.4, 0.5) is 11.9 Å². The molecule has 0 saturated heterocycles. The summed E-state index contributed by atoms with van der Waals surface area (Å²) in [4.78, 5) is 17.4. The van der Waals surface area contributed by atoms with Crippen molar-refractivity contribution >= 4 is 11.9 Å². The Hall–Kier alpha value is -2.22. The minimum absolute atomic E-state index is 0.508. The van der Waals surface area contributed by atoms with E-state index >= 15 is 0 Å². The second-order valence-electron chi connectivity index (χ2n) is 5.04. The summed E-state index contributed by atoms with van der Waals surface area (Å²) in [7, 11) is 7.91. The summed E-state index contributed by atoms with van der Waals surface area (Å²) >= 11 is 0. The Morgan fingerprint density at radius 2 is 1.95 bits per heavy atom. The third-order valence-corrected chi connectivity index (χ3v) is 2.98. The van der Waals surface area contributed by atoms with E-state index in [-0.39, 0.29) is 0 Å². The summed E-state index contributed by atoms with van der Waals surface area (Å²) in [5.41, 5.74) is 0. The molecule has 0 aliphatic carbocycles. The van der Waals surface area contributed by atoms with Gasteiger partial charge in [0.1, 0.15) is 0 Å². The van der Waals surface area contributed by atoms with Crippen molar-refractivity contribution < 1.29 is 0 Å². The number of anilines is 2. The van der Waals surface area contributed by atoms with Gasteiger partial charge in [0, 0.05) is 33.0 Å². The zero-order valence-corrected chi connectivity index (χ0v) is 13.0. The van der Waals surface area contributed by atoms with E-state index in [0.717, 1.165) is 19.5 Å². The van der Waals surface area contributed by atoms with Crippen molar-refractivity contribution in [3.05, 3.63) is 18.5 Å². The Bertz CT molecular complexity index is 551. The molecule has 8 nitrogen and oxygen atoms in total. The summed E-state index contributed by atoms with van der Waals surface area (Å²) in [5.74, 6) is 1.68. The average Bonchev–Trinajstić information content (AvgIpc) is 3.00. The number of hydrogen-bond donors (Lipinski definition) is 1. The fraction of sp³-hybridized carbons (Fsp3) is 0.538. The Morgan fingerprint density at radius 1 is 1.14 bits per heavy atom. The first kappa shape index (κ1) is 15.2. The molecule has 0 atom stereocenters. The van der Waals surface area contributed by atoms with Crippen LogP contribution >= 0.6 is 0 Å². The average molecular weight is 290 g/mol. The largest absolute Gasteiger partial charge is 0.357 e. The summed E-state index contributed by atoms with van der Waals surface area (Å²) in [6.45, 7) is 1.91. The van der Waals surface area contributed by atoms with Gasteiger partial charge in [0.05, 0.1) is 0 Å². The van der Waals surface area contributed by atoms with Crippen molar-refractivity contribution in [2.45, 2.75) is 6.42 Å². The first-order valence-corrected chi connectivity index (χ1v) is 6.90. The molecule has 0 radical (unpaired) electrons. The molecule has 2 aromatic heterocycles. The topological polar surface area (TPSA) is 75.0 Å². The predicted octanol–water partition coefficient (Wildman–Crippen LogP) is 0.487. The van der Waals surface area contributed by atoms with Gasteiger partial charge in [0.15, 0.2) is 0 Å². The monoisotopic (exact) mass is 290 g/mol. The molecule has 8 heteroatoms. The first-order valence-electron chi connectivity index (χ1n) is 6.90. The summed E-state index contributed by atoms with van der Waals surface area (Å²) in [6.07, 6.45) is 4.55. The van der Waals surface area contributed by atoms with Crippen LogP contribution in [0.25, 0.3) is 5.95 Å². The molecule has 0 aliphatic heterocycles. The molecule has 0 saturated carbocycles. The molecule has 2 aromatic rings. The fourth-order valence-corrected chi connectivity index (χ4v) is 1.85. The van der Waals surface area contributed by atoms with Crippen LogP contribution in [-0.4, -0.2) is 70.9 Å². The second-order valence-corrected chi connectivity index (χ2v) is 5.04. The Balaban J connectivity index is 2.16. The van der Waals surface area contributed by atoms with Crippen molar-refractivity contribution in [3.63, 3.8) is 0 Å². The van der Waals surface area contributed by atoms with E-state index in [2.05, 4.69) is 44.4 Å². The SMILES string of the molecule is CNc1nc(N(C)CCCN(C)C)nc(-n2cccn2)n1. The Kier molecular flexibility index (Phi) is 5.04. The molecule has 0 bridgehead atoms. The molecule has 21 heavy (non-hydrogen) atoms. The van der Waals surface area contributed by atoms with Gasteiger partial charge in [0.25, 0.3) is 5.95 Å². The molecule has 0 amide bonds. The minimum atomic E-state index is 0.508. The van der Waals surface area contributed by atoms with Crippen LogP contribution in [0.15, 0.2) is 18.5 Å². The van der Waals surface area contributed by atoms with Gasteiger partial charge in [-0.25, -0.2) is 4.68 Å². The normalized spacial score (nSPS) is 10.9. The maximum Gasteiger partial charge on any atom is 0.257 e. The van der Waals surface area contributed by atoms with Gasteiger partial charge in [-0.2, -0.15) is 20.1 Å². The first-order chi connectivity index (χ1) is 10.1. The van der Waals surface area contributed by atoms with E-state index in [0.29, 0.717) is 17.8 Å². The highest BCUT2D eigenvalue weighted by molar-refractivity contribution is 5.38. The van der Waals surface area contributed by atoms with E-state index in [1.165, 1.54) is 0 Å². The van der Waals surface area contributed by atoms with Crippen molar-refractivity contribution in [1.29, 1.82) is 0 Å². The van der Waals surface area contributed by atoms with Gasteiger partial charge in [-0.05, 0) is 33.1 Å². The van der Waals surface area contributed by atoms with E-state index < -0.39 is 0 Å².